The lowest BCUT2D eigenvalue weighted by atomic mass is 10.0. The summed E-state index contributed by atoms with van der Waals surface area (Å²) in [5.74, 6) is 1.28. The zero-order valence-corrected chi connectivity index (χ0v) is 17.1. The van der Waals surface area contributed by atoms with Crippen LogP contribution in [0.25, 0.3) is 0 Å². The number of nitrogens with zero attached hydrogens (tertiary/aromatic N) is 2. The minimum absolute atomic E-state index is 0.0365. The van der Waals surface area contributed by atoms with Crippen molar-refractivity contribution in [2.24, 2.45) is 0 Å². The molecular formula is C20H30N2O4S. The number of carbonyl (C=O) groups excluding carboxylic acids is 1. The van der Waals surface area contributed by atoms with Gasteiger partial charge in [-0.25, -0.2) is 8.42 Å². The number of sulfone groups is 1. The number of amides is 1. The number of fused-ring (bicyclic) bond motifs is 1. The molecule has 0 aliphatic carbocycles. The van der Waals surface area contributed by atoms with E-state index in [1.807, 2.05) is 23.1 Å². The first-order valence-corrected chi connectivity index (χ1v) is 11.7. The van der Waals surface area contributed by atoms with Gasteiger partial charge in [-0.1, -0.05) is 13.3 Å². The summed E-state index contributed by atoms with van der Waals surface area (Å²) in [5.41, 5.74) is 2.10. The highest BCUT2D eigenvalue weighted by molar-refractivity contribution is 7.91. The van der Waals surface area contributed by atoms with Crippen LogP contribution in [0.5, 0.6) is 5.75 Å². The molecule has 0 bridgehead atoms. The van der Waals surface area contributed by atoms with Crippen LogP contribution in [-0.4, -0.2) is 63.5 Å². The lowest BCUT2D eigenvalue weighted by Crippen LogP contribution is -2.47. The molecule has 0 aromatic heterocycles. The van der Waals surface area contributed by atoms with Crippen molar-refractivity contribution >= 4 is 21.4 Å². The minimum Gasteiger partial charge on any atom is -0.497 e. The van der Waals surface area contributed by atoms with Crippen molar-refractivity contribution in [3.8, 4) is 5.75 Å². The van der Waals surface area contributed by atoms with E-state index in [1.54, 1.807) is 7.11 Å². The minimum atomic E-state index is -2.96. The molecule has 1 aromatic rings. The fourth-order valence-corrected chi connectivity index (χ4v) is 5.80. The van der Waals surface area contributed by atoms with Gasteiger partial charge in [0.15, 0.2) is 9.84 Å². The molecule has 0 N–H and O–H groups in total. The van der Waals surface area contributed by atoms with Gasteiger partial charge in [-0.3, -0.25) is 9.69 Å². The SMILES string of the molecule is CCCCN(CC(=O)N1CCCc2cc(OC)ccc21)C1CCS(=O)(=O)C1. The van der Waals surface area contributed by atoms with E-state index in [4.69, 9.17) is 4.74 Å². The summed E-state index contributed by atoms with van der Waals surface area (Å²) >= 11 is 0. The smallest absolute Gasteiger partial charge is 0.241 e. The summed E-state index contributed by atoms with van der Waals surface area (Å²) in [4.78, 5) is 17.1. The molecule has 0 saturated carbocycles. The van der Waals surface area contributed by atoms with Gasteiger partial charge in [0.2, 0.25) is 5.91 Å². The van der Waals surface area contributed by atoms with E-state index in [9.17, 15) is 13.2 Å². The number of unbranched alkanes of at least 4 members (excludes halogenated alkanes) is 1. The predicted molar refractivity (Wildman–Crippen MR) is 107 cm³/mol. The molecule has 1 saturated heterocycles. The molecule has 2 aliphatic heterocycles. The molecule has 1 fully saturated rings. The Morgan fingerprint density at radius 2 is 2.19 bits per heavy atom. The van der Waals surface area contributed by atoms with E-state index < -0.39 is 9.84 Å². The van der Waals surface area contributed by atoms with Gasteiger partial charge in [0.05, 0.1) is 25.2 Å². The second-order valence-electron chi connectivity index (χ2n) is 7.52. The Labute approximate surface area is 162 Å². The average molecular weight is 395 g/mol. The Morgan fingerprint density at radius 3 is 2.85 bits per heavy atom. The van der Waals surface area contributed by atoms with Gasteiger partial charge in [-0.15, -0.1) is 0 Å². The molecule has 1 aromatic carbocycles. The molecule has 6 nitrogen and oxygen atoms in total. The van der Waals surface area contributed by atoms with Crippen molar-refractivity contribution in [2.75, 3.05) is 43.1 Å². The maximum absolute atomic E-state index is 13.1. The number of carbonyl (C=O) groups is 1. The summed E-state index contributed by atoms with van der Waals surface area (Å²) in [6.45, 7) is 3.87. The van der Waals surface area contributed by atoms with Gasteiger partial charge in [0.1, 0.15) is 5.75 Å². The van der Waals surface area contributed by atoms with Crippen LogP contribution >= 0.6 is 0 Å². The molecular weight excluding hydrogens is 364 g/mol. The maximum atomic E-state index is 13.1. The standard InChI is InChI=1S/C20H30N2O4S/c1-3-4-10-21(17-9-12-27(24,25)15-17)14-20(23)22-11-5-6-16-13-18(26-2)7-8-19(16)22/h7-8,13,17H,3-6,9-12,14-15H2,1-2H3. The van der Waals surface area contributed by atoms with E-state index in [0.717, 1.165) is 49.2 Å². The van der Waals surface area contributed by atoms with Crippen molar-refractivity contribution in [1.29, 1.82) is 0 Å². The van der Waals surface area contributed by atoms with Crippen LogP contribution in [0.1, 0.15) is 38.2 Å². The van der Waals surface area contributed by atoms with Gasteiger partial charge in [-0.05, 0) is 56.0 Å². The fourth-order valence-electron chi connectivity index (χ4n) is 4.03. The monoisotopic (exact) mass is 394 g/mol. The molecule has 0 radical (unpaired) electrons. The molecule has 2 aliphatic rings. The lowest BCUT2D eigenvalue weighted by Gasteiger charge is -2.33. The number of ether oxygens (including phenoxy) is 1. The van der Waals surface area contributed by atoms with Gasteiger partial charge in [0, 0.05) is 18.3 Å². The zero-order valence-electron chi connectivity index (χ0n) is 16.3. The van der Waals surface area contributed by atoms with Crippen LogP contribution in [0.4, 0.5) is 5.69 Å². The van der Waals surface area contributed by atoms with Crippen molar-refractivity contribution < 1.29 is 17.9 Å². The van der Waals surface area contributed by atoms with E-state index >= 15 is 0 Å². The molecule has 27 heavy (non-hydrogen) atoms. The van der Waals surface area contributed by atoms with E-state index in [0.29, 0.717) is 13.0 Å². The molecule has 1 atom stereocenters. The number of hydrogen-bond donors (Lipinski definition) is 0. The first kappa shape index (κ1) is 20.1. The maximum Gasteiger partial charge on any atom is 0.241 e. The summed E-state index contributed by atoms with van der Waals surface area (Å²) < 4.78 is 29.1. The molecule has 1 unspecified atom stereocenters. The average Bonchev–Trinajstić information content (AvgIpc) is 3.03. The predicted octanol–water partition coefficient (Wildman–Crippen LogP) is 2.26. The van der Waals surface area contributed by atoms with E-state index in [2.05, 4.69) is 11.8 Å². The Morgan fingerprint density at radius 1 is 1.37 bits per heavy atom. The summed E-state index contributed by atoms with van der Waals surface area (Å²) in [6, 6.07) is 5.82. The van der Waals surface area contributed by atoms with Crippen LogP contribution in [0.2, 0.25) is 0 Å². The van der Waals surface area contributed by atoms with E-state index in [1.165, 1.54) is 0 Å². The van der Waals surface area contributed by atoms with Crippen molar-refractivity contribution in [3.63, 3.8) is 0 Å². The number of rotatable bonds is 7. The summed E-state index contributed by atoms with van der Waals surface area (Å²) in [7, 11) is -1.32. The molecule has 2 heterocycles. The largest absolute Gasteiger partial charge is 0.497 e. The Kier molecular flexibility index (Phi) is 6.42. The second-order valence-corrected chi connectivity index (χ2v) is 9.75. The van der Waals surface area contributed by atoms with Crippen LogP contribution in [-0.2, 0) is 21.1 Å². The topological polar surface area (TPSA) is 66.9 Å². The molecule has 3 rings (SSSR count). The number of anilines is 1. The Balaban J connectivity index is 1.74. The van der Waals surface area contributed by atoms with Crippen LogP contribution in [0.15, 0.2) is 18.2 Å². The highest BCUT2D eigenvalue weighted by atomic mass is 32.2. The first-order valence-electron chi connectivity index (χ1n) is 9.85. The number of benzene rings is 1. The number of aryl methyl sites for hydroxylation is 1. The van der Waals surface area contributed by atoms with Crippen molar-refractivity contribution in [1.82, 2.24) is 4.90 Å². The third-order valence-corrected chi connectivity index (χ3v) is 7.32. The van der Waals surface area contributed by atoms with Gasteiger partial charge in [0.25, 0.3) is 0 Å². The summed E-state index contributed by atoms with van der Waals surface area (Å²) in [6.07, 6.45) is 4.50. The van der Waals surface area contributed by atoms with Gasteiger partial charge >= 0.3 is 0 Å². The third-order valence-electron chi connectivity index (χ3n) is 5.57. The van der Waals surface area contributed by atoms with Gasteiger partial charge < -0.3 is 9.64 Å². The fraction of sp³-hybridized carbons (Fsp3) is 0.650. The molecule has 150 valence electrons. The second kappa shape index (κ2) is 8.61. The zero-order chi connectivity index (χ0) is 19.4. The number of hydrogen-bond acceptors (Lipinski definition) is 5. The normalized spacial score (nSPS) is 21.3. The molecule has 1 amide bonds. The van der Waals surface area contributed by atoms with Gasteiger partial charge in [-0.2, -0.15) is 0 Å². The highest BCUT2D eigenvalue weighted by Crippen LogP contribution is 2.31. The lowest BCUT2D eigenvalue weighted by molar-refractivity contribution is -0.120. The highest BCUT2D eigenvalue weighted by Gasteiger charge is 2.34. The molecule has 7 heteroatoms. The quantitative estimate of drug-likeness (QED) is 0.710. The van der Waals surface area contributed by atoms with Crippen molar-refractivity contribution in [3.05, 3.63) is 23.8 Å². The third kappa shape index (κ3) is 4.82. The van der Waals surface area contributed by atoms with Crippen LogP contribution in [0.3, 0.4) is 0 Å². The van der Waals surface area contributed by atoms with Crippen molar-refractivity contribution in [2.45, 2.75) is 45.1 Å². The Hall–Kier alpha value is -1.60. The summed E-state index contributed by atoms with van der Waals surface area (Å²) in [5, 5.41) is 0. The first-order chi connectivity index (χ1) is 12.9. The van der Waals surface area contributed by atoms with E-state index in [-0.39, 0.29) is 30.0 Å². The van der Waals surface area contributed by atoms with Crippen LogP contribution in [0, 0.1) is 0 Å². The number of methoxy groups -OCH3 is 1. The Bertz CT molecular complexity index is 778. The molecule has 0 spiro atoms. The van der Waals surface area contributed by atoms with Crippen LogP contribution < -0.4 is 9.64 Å².